The van der Waals surface area contributed by atoms with Crippen LogP contribution in [0.3, 0.4) is 0 Å². The number of nitrogens with zero attached hydrogens (tertiary/aromatic N) is 3. The Bertz CT molecular complexity index is 989. The topological polar surface area (TPSA) is 101 Å². The largest absolute Gasteiger partial charge is 0.463 e. The maximum Gasteiger partial charge on any atom is 0.259 e. The number of nitrogens with one attached hydrogen (secondary N) is 1. The average Bonchev–Trinajstić information content (AvgIpc) is 3.29. The van der Waals surface area contributed by atoms with Crippen LogP contribution in [-0.4, -0.2) is 47.0 Å². The number of carbonyl (C=O) groups excluding carboxylic acids is 2. The summed E-state index contributed by atoms with van der Waals surface area (Å²) in [6.45, 7) is 5.76. The second-order valence-corrected chi connectivity index (χ2v) is 7.37. The van der Waals surface area contributed by atoms with E-state index in [4.69, 9.17) is 8.94 Å². The zero-order valence-electron chi connectivity index (χ0n) is 16.6. The van der Waals surface area contributed by atoms with Gasteiger partial charge in [0, 0.05) is 14.1 Å². The van der Waals surface area contributed by atoms with E-state index < -0.39 is 6.04 Å². The number of hydrogen-bond acceptors (Lipinski definition) is 6. The summed E-state index contributed by atoms with van der Waals surface area (Å²) in [4.78, 5) is 31.5. The van der Waals surface area contributed by atoms with Crippen LogP contribution in [0.1, 0.15) is 36.3 Å². The van der Waals surface area contributed by atoms with Crippen LogP contribution in [0, 0.1) is 12.8 Å². The molecule has 0 spiro atoms. The normalized spacial score (nSPS) is 12.4. The minimum Gasteiger partial charge on any atom is -0.463 e. The van der Waals surface area contributed by atoms with Gasteiger partial charge in [0.05, 0.1) is 22.9 Å². The van der Waals surface area contributed by atoms with Crippen molar-refractivity contribution in [2.45, 2.75) is 33.2 Å². The first-order valence-electron chi connectivity index (χ1n) is 9.10. The molecule has 1 N–H and O–H groups in total. The highest BCUT2D eigenvalue weighted by Crippen LogP contribution is 2.27. The van der Waals surface area contributed by atoms with E-state index in [-0.39, 0.29) is 23.4 Å². The summed E-state index contributed by atoms with van der Waals surface area (Å²) >= 11 is 0. The zero-order valence-corrected chi connectivity index (χ0v) is 16.6. The van der Waals surface area contributed by atoms with E-state index in [1.807, 2.05) is 13.8 Å². The first-order valence-corrected chi connectivity index (χ1v) is 9.10. The van der Waals surface area contributed by atoms with Gasteiger partial charge in [0.1, 0.15) is 11.7 Å². The lowest BCUT2D eigenvalue weighted by atomic mass is 10.0. The molecule has 3 heterocycles. The lowest BCUT2D eigenvalue weighted by Crippen LogP contribution is -2.47. The van der Waals surface area contributed by atoms with E-state index in [0.29, 0.717) is 34.5 Å². The van der Waals surface area contributed by atoms with Crippen molar-refractivity contribution in [3.63, 3.8) is 0 Å². The highest BCUT2D eigenvalue weighted by atomic mass is 16.5. The van der Waals surface area contributed by atoms with Gasteiger partial charge < -0.3 is 19.2 Å². The quantitative estimate of drug-likeness (QED) is 0.701. The first kappa shape index (κ1) is 19.6. The Labute approximate surface area is 162 Å². The van der Waals surface area contributed by atoms with Gasteiger partial charge >= 0.3 is 0 Å². The number of amides is 2. The van der Waals surface area contributed by atoms with Crippen molar-refractivity contribution in [1.29, 1.82) is 0 Å². The Morgan fingerprint density at radius 2 is 2.04 bits per heavy atom. The molecule has 8 heteroatoms. The van der Waals surface area contributed by atoms with Gasteiger partial charge in [-0.1, -0.05) is 19.0 Å². The van der Waals surface area contributed by atoms with Gasteiger partial charge in [-0.05, 0) is 37.5 Å². The van der Waals surface area contributed by atoms with Crippen LogP contribution in [0.25, 0.3) is 22.6 Å². The summed E-state index contributed by atoms with van der Waals surface area (Å²) in [6, 6.07) is 4.49. The maximum absolute atomic E-state index is 13.1. The molecular weight excluding hydrogens is 360 g/mol. The van der Waals surface area contributed by atoms with Crippen molar-refractivity contribution >= 4 is 22.9 Å². The van der Waals surface area contributed by atoms with E-state index in [0.717, 1.165) is 0 Å². The van der Waals surface area contributed by atoms with Crippen LogP contribution in [0.4, 0.5) is 0 Å². The van der Waals surface area contributed by atoms with Gasteiger partial charge in [-0.25, -0.2) is 4.98 Å². The third-order valence-corrected chi connectivity index (χ3v) is 4.39. The number of carbonyl (C=O) groups is 2. The molecule has 0 radical (unpaired) electrons. The third kappa shape index (κ3) is 3.90. The Morgan fingerprint density at radius 3 is 2.64 bits per heavy atom. The molecule has 0 saturated heterocycles. The number of aryl methyl sites for hydroxylation is 1. The number of hydrogen-bond donors (Lipinski definition) is 1. The van der Waals surface area contributed by atoms with Gasteiger partial charge in [0.15, 0.2) is 5.76 Å². The van der Waals surface area contributed by atoms with Crippen molar-refractivity contribution in [1.82, 2.24) is 20.4 Å². The molecule has 0 unspecified atom stereocenters. The highest BCUT2D eigenvalue weighted by Gasteiger charge is 2.26. The third-order valence-electron chi connectivity index (χ3n) is 4.39. The summed E-state index contributed by atoms with van der Waals surface area (Å²) in [5.41, 5.74) is 1.60. The number of pyridine rings is 1. The van der Waals surface area contributed by atoms with E-state index >= 15 is 0 Å². The molecule has 0 aliphatic carbocycles. The van der Waals surface area contributed by atoms with Crippen molar-refractivity contribution in [3.05, 3.63) is 35.7 Å². The lowest BCUT2D eigenvalue weighted by Gasteiger charge is -2.23. The van der Waals surface area contributed by atoms with Gasteiger partial charge in [-0.3, -0.25) is 9.59 Å². The smallest absolute Gasteiger partial charge is 0.259 e. The SMILES string of the molecule is Cc1noc2nc(-c3ccco3)cc(C(=O)N[C@@H](CC(C)C)C(=O)N(C)C)c12. The number of rotatable bonds is 6. The van der Waals surface area contributed by atoms with Gasteiger partial charge in [0.25, 0.3) is 11.6 Å². The molecule has 8 nitrogen and oxygen atoms in total. The fraction of sp³-hybridized carbons (Fsp3) is 0.400. The lowest BCUT2D eigenvalue weighted by molar-refractivity contribution is -0.131. The summed E-state index contributed by atoms with van der Waals surface area (Å²) < 4.78 is 10.7. The maximum atomic E-state index is 13.1. The van der Waals surface area contributed by atoms with Gasteiger partial charge in [0.2, 0.25) is 5.91 Å². The molecule has 0 saturated carbocycles. The van der Waals surface area contributed by atoms with Crippen LogP contribution in [-0.2, 0) is 4.79 Å². The van der Waals surface area contributed by atoms with Crippen LogP contribution in [0.15, 0.2) is 33.4 Å². The van der Waals surface area contributed by atoms with Crippen molar-refractivity contribution < 1.29 is 18.5 Å². The van der Waals surface area contributed by atoms with E-state index in [1.165, 1.54) is 11.2 Å². The number of aromatic nitrogens is 2. The predicted molar refractivity (Wildman–Crippen MR) is 104 cm³/mol. The number of furan rings is 1. The zero-order chi connectivity index (χ0) is 20.4. The van der Waals surface area contributed by atoms with Crippen molar-refractivity contribution in [3.8, 4) is 11.5 Å². The highest BCUT2D eigenvalue weighted by molar-refractivity contribution is 6.08. The van der Waals surface area contributed by atoms with Crippen molar-refractivity contribution in [2.24, 2.45) is 5.92 Å². The second kappa shape index (κ2) is 7.84. The molecule has 0 aromatic carbocycles. The fourth-order valence-electron chi connectivity index (χ4n) is 3.06. The molecule has 1 atom stereocenters. The predicted octanol–water partition coefficient (Wildman–Crippen LogP) is 3.02. The Hall–Kier alpha value is -3.16. The van der Waals surface area contributed by atoms with Crippen LogP contribution >= 0.6 is 0 Å². The molecule has 0 fully saturated rings. The summed E-state index contributed by atoms with van der Waals surface area (Å²) in [7, 11) is 3.34. The van der Waals surface area contributed by atoms with E-state index in [2.05, 4.69) is 15.5 Å². The molecule has 148 valence electrons. The van der Waals surface area contributed by atoms with Crippen LogP contribution in [0.2, 0.25) is 0 Å². The molecule has 3 rings (SSSR count). The van der Waals surface area contributed by atoms with Crippen molar-refractivity contribution in [2.75, 3.05) is 14.1 Å². The Balaban J connectivity index is 2.02. The number of likely N-dealkylation sites (N-methyl/N-ethyl adjacent to an activating group) is 1. The van der Waals surface area contributed by atoms with Gasteiger partial charge in [-0.15, -0.1) is 0 Å². The molecule has 0 aliphatic heterocycles. The minimum absolute atomic E-state index is 0.152. The van der Waals surface area contributed by atoms with E-state index in [1.54, 1.807) is 39.2 Å². The Kier molecular flexibility index (Phi) is 5.48. The molecule has 2 amide bonds. The average molecular weight is 384 g/mol. The molecule has 0 aliphatic rings. The molecule has 3 aromatic heterocycles. The van der Waals surface area contributed by atoms with Crippen LogP contribution in [0.5, 0.6) is 0 Å². The molecular formula is C20H24N4O4. The summed E-state index contributed by atoms with van der Waals surface area (Å²) in [5.74, 6) is 0.212. The first-order chi connectivity index (χ1) is 13.3. The summed E-state index contributed by atoms with van der Waals surface area (Å²) in [5, 5.41) is 7.32. The minimum atomic E-state index is -0.627. The Morgan fingerprint density at radius 1 is 1.29 bits per heavy atom. The second-order valence-electron chi connectivity index (χ2n) is 7.37. The molecule has 28 heavy (non-hydrogen) atoms. The summed E-state index contributed by atoms with van der Waals surface area (Å²) in [6.07, 6.45) is 2.06. The molecule has 0 bridgehead atoms. The monoisotopic (exact) mass is 384 g/mol. The fourth-order valence-corrected chi connectivity index (χ4v) is 3.06. The standard InChI is InChI=1S/C20H24N4O4/c1-11(2)9-15(20(26)24(4)5)21-18(25)13-10-14(16-7-6-8-27-16)22-19-17(13)12(3)23-28-19/h6-8,10-11,15H,9H2,1-5H3,(H,21,25)/t15-/m0/s1. The number of fused-ring (bicyclic) bond motifs is 1. The van der Waals surface area contributed by atoms with Gasteiger partial charge in [-0.2, -0.15) is 0 Å². The van der Waals surface area contributed by atoms with E-state index in [9.17, 15) is 9.59 Å². The van der Waals surface area contributed by atoms with Crippen LogP contribution < -0.4 is 5.32 Å². The molecule has 3 aromatic rings.